The van der Waals surface area contributed by atoms with Gasteiger partial charge in [0.05, 0.1) is 11.6 Å². The van der Waals surface area contributed by atoms with Crippen LogP contribution < -0.4 is 0 Å². The monoisotopic (exact) mass is 266 g/mol. The quantitative estimate of drug-likeness (QED) is 0.755. The molecule has 0 unspecified atom stereocenters. The second kappa shape index (κ2) is 6.01. The van der Waals surface area contributed by atoms with Crippen molar-refractivity contribution < 1.29 is 0 Å². The van der Waals surface area contributed by atoms with Crippen molar-refractivity contribution in [1.82, 2.24) is 9.97 Å². The van der Waals surface area contributed by atoms with E-state index in [1.54, 1.807) is 0 Å². The number of rotatable bonds is 3. The number of hydrogen-bond acceptors (Lipinski definition) is 2. The van der Waals surface area contributed by atoms with Crippen LogP contribution in [0.4, 0.5) is 0 Å². The molecule has 1 saturated carbocycles. The molecule has 0 aliphatic heterocycles. The molecule has 2 nitrogen and oxygen atoms in total. The smallest absolute Gasteiger partial charge is 0.131 e. The van der Waals surface area contributed by atoms with Gasteiger partial charge in [-0.2, -0.15) is 0 Å². The van der Waals surface area contributed by atoms with Gasteiger partial charge in [0.25, 0.3) is 0 Å². The normalized spacial score (nSPS) is 24.5. The van der Waals surface area contributed by atoms with Gasteiger partial charge in [0.2, 0.25) is 0 Å². The Bertz CT molecular complexity index is 395. The zero-order valence-corrected chi connectivity index (χ0v) is 12.4. The summed E-state index contributed by atoms with van der Waals surface area (Å²) in [5, 5.41) is 0. The van der Waals surface area contributed by atoms with Gasteiger partial charge in [-0.1, -0.05) is 13.8 Å². The summed E-state index contributed by atoms with van der Waals surface area (Å²) in [6.07, 6.45) is 7.02. The molecule has 1 fully saturated rings. The van der Waals surface area contributed by atoms with Gasteiger partial charge >= 0.3 is 0 Å². The Morgan fingerprint density at radius 1 is 1.28 bits per heavy atom. The van der Waals surface area contributed by atoms with Crippen molar-refractivity contribution in [2.75, 3.05) is 0 Å². The van der Waals surface area contributed by atoms with E-state index in [-0.39, 0.29) is 0 Å². The molecule has 0 bridgehead atoms. The molecule has 1 aromatic rings. The molecule has 0 amide bonds. The zero-order valence-electron chi connectivity index (χ0n) is 11.6. The van der Waals surface area contributed by atoms with E-state index in [0.717, 1.165) is 28.9 Å². The Kier molecular flexibility index (Phi) is 4.60. The second-order valence-corrected chi connectivity index (χ2v) is 6.11. The van der Waals surface area contributed by atoms with Gasteiger partial charge in [0.1, 0.15) is 5.82 Å². The Balaban J connectivity index is 2.05. The van der Waals surface area contributed by atoms with E-state index in [9.17, 15) is 0 Å². The molecule has 1 heterocycles. The van der Waals surface area contributed by atoms with Crippen LogP contribution >= 0.6 is 11.6 Å². The van der Waals surface area contributed by atoms with Crippen molar-refractivity contribution >= 4 is 11.6 Å². The fraction of sp³-hybridized carbons (Fsp3) is 0.733. The Morgan fingerprint density at radius 2 is 1.94 bits per heavy atom. The lowest BCUT2D eigenvalue weighted by molar-refractivity contribution is 0.254. The van der Waals surface area contributed by atoms with Gasteiger partial charge in [0, 0.05) is 12.1 Å². The van der Waals surface area contributed by atoms with Crippen molar-refractivity contribution in [2.45, 2.75) is 58.3 Å². The third-order valence-corrected chi connectivity index (χ3v) is 4.55. The molecular formula is C15H23ClN2. The minimum absolute atomic E-state index is 0.489. The molecule has 0 radical (unpaired) electrons. The molecule has 2 rings (SSSR count). The second-order valence-electron chi connectivity index (χ2n) is 5.85. The van der Waals surface area contributed by atoms with Crippen LogP contribution in [0.5, 0.6) is 0 Å². The zero-order chi connectivity index (χ0) is 13.1. The van der Waals surface area contributed by atoms with Crippen LogP contribution in [-0.2, 0) is 5.88 Å². The molecule has 0 aromatic carbocycles. The van der Waals surface area contributed by atoms with Gasteiger partial charge in [-0.15, -0.1) is 11.6 Å². The SMILES string of the molecule is Cc1cnc(C2CCC(C(C)C)CC2)nc1CCl. The Labute approximate surface area is 115 Å². The molecule has 1 aliphatic carbocycles. The van der Waals surface area contributed by atoms with E-state index in [1.807, 2.05) is 13.1 Å². The average Bonchev–Trinajstić information content (AvgIpc) is 2.39. The molecule has 1 aromatic heterocycles. The van der Waals surface area contributed by atoms with Gasteiger partial charge in [-0.05, 0) is 50.0 Å². The van der Waals surface area contributed by atoms with Crippen molar-refractivity contribution in [2.24, 2.45) is 11.8 Å². The largest absolute Gasteiger partial charge is 0.241 e. The molecule has 3 heteroatoms. The van der Waals surface area contributed by atoms with Crippen molar-refractivity contribution in [3.63, 3.8) is 0 Å². The van der Waals surface area contributed by atoms with E-state index in [0.29, 0.717) is 11.8 Å². The van der Waals surface area contributed by atoms with Crippen LogP contribution in [0.1, 0.15) is 62.5 Å². The molecule has 0 N–H and O–H groups in total. The van der Waals surface area contributed by atoms with Crippen molar-refractivity contribution in [3.05, 3.63) is 23.3 Å². The maximum Gasteiger partial charge on any atom is 0.131 e. The first-order valence-corrected chi connectivity index (χ1v) is 7.53. The van der Waals surface area contributed by atoms with Crippen LogP contribution in [0.25, 0.3) is 0 Å². The molecular weight excluding hydrogens is 244 g/mol. The fourth-order valence-corrected chi connectivity index (χ4v) is 3.14. The van der Waals surface area contributed by atoms with Crippen LogP contribution in [0.3, 0.4) is 0 Å². The fourth-order valence-electron chi connectivity index (χ4n) is 2.87. The minimum Gasteiger partial charge on any atom is -0.241 e. The predicted octanol–water partition coefficient (Wildman–Crippen LogP) is 4.45. The first-order chi connectivity index (χ1) is 8.61. The number of aromatic nitrogens is 2. The number of hydrogen-bond donors (Lipinski definition) is 0. The standard InChI is InChI=1S/C15H23ClN2/c1-10(2)12-4-6-13(7-5-12)15-17-9-11(3)14(8-16)18-15/h9-10,12-13H,4-8H2,1-3H3. The Morgan fingerprint density at radius 3 is 2.50 bits per heavy atom. The molecule has 0 spiro atoms. The first kappa shape index (κ1) is 13.8. The van der Waals surface area contributed by atoms with Gasteiger partial charge in [0.15, 0.2) is 0 Å². The van der Waals surface area contributed by atoms with E-state index in [2.05, 4.69) is 23.8 Å². The lowest BCUT2D eigenvalue weighted by atomic mass is 9.76. The van der Waals surface area contributed by atoms with Crippen LogP contribution in [-0.4, -0.2) is 9.97 Å². The summed E-state index contributed by atoms with van der Waals surface area (Å²) in [6.45, 7) is 6.69. The maximum atomic E-state index is 5.92. The lowest BCUT2D eigenvalue weighted by Crippen LogP contribution is -2.19. The van der Waals surface area contributed by atoms with Crippen LogP contribution in [0.15, 0.2) is 6.20 Å². The first-order valence-electron chi connectivity index (χ1n) is 7.00. The topological polar surface area (TPSA) is 25.8 Å². The summed E-state index contributed by atoms with van der Waals surface area (Å²) in [7, 11) is 0. The summed E-state index contributed by atoms with van der Waals surface area (Å²) in [6, 6.07) is 0. The summed E-state index contributed by atoms with van der Waals surface area (Å²) in [5.74, 6) is 3.74. The number of aryl methyl sites for hydroxylation is 1. The number of alkyl halides is 1. The van der Waals surface area contributed by atoms with Crippen LogP contribution in [0.2, 0.25) is 0 Å². The molecule has 1 aliphatic rings. The van der Waals surface area contributed by atoms with Crippen molar-refractivity contribution in [1.29, 1.82) is 0 Å². The Hall–Kier alpha value is -0.630. The molecule has 0 atom stereocenters. The number of nitrogens with zero attached hydrogens (tertiary/aromatic N) is 2. The van der Waals surface area contributed by atoms with Gasteiger partial charge in [-0.25, -0.2) is 9.97 Å². The van der Waals surface area contributed by atoms with E-state index in [4.69, 9.17) is 11.6 Å². The maximum absolute atomic E-state index is 5.92. The highest BCUT2D eigenvalue weighted by Gasteiger charge is 2.26. The van der Waals surface area contributed by atoms with Crippen molar-refractivity contribution in [3.8, 4) is 0 Å². The molecule has 0 saturated heterocycles. The predicted molar refractivity (Wildman–Crippen MR) is 75.9 cm³/mol. The molecule has 18 heavy (non-hydrogen) atoms. The summed E-state index contributed by atoms with van der Waals surface area (Å²) < 4.78 is 0. The average molecular weight is 267 g/mol. The summed E-state index contributed by atoms with van der Waals surface area (Å²) in [5.41, 5.74) is 2.09. The highest BCUT2D eigenvalue weighted by atomic mass is 35.5. The minimum atomic E-state index is 0.489. The van der Waals surface area contributed by atoms with E-state index < -0.39 is 0 Å². The lowest BCUT2D eigenvalue weighted by Gasteiger charge is -2.30. The summed E-state index contributed by atoms with van der Waals surface area (Å²) in [4.78, 5) is 9.15. The highest BCUT2D eigenvalue weighted by Crippen LogP contribution is 2.37. The van der Waals surface area contributed by atoms with E-state index >= 15 is 0 Å². The highest BCUT2D eigenvalue weighted by molar-refractivity contribution is 6.16. The summed E-state index contributed by atoms with van der Waals surface area (Å²) >= 11 is 5.92. The molecule has 100 valence electrons. The van der Waals surface area contributed by atoms with E-state index in [1.165, 1.54) is 25.7 Å². The van der Waals surface area contributed by atoms with Crippen LogP contribution in [0, 0.1) is 18.8 Å². The van der Waals surface area contributed by atoms with Gasteiger partial charge in [-0.3, -0.25) is 0 Å². The van der Waals surface area contributed by atoms with Gasteiger partial charge < -0.3 is 0 Å². The third kappa shape index (κ3) is 3.03. The number of halogens is 1. The third-order valence-electron chi connectivity index (χ3n) is 4.30.